The van der Waals surface area contributed by atoms with Gasteiger partial charge in [0.25, 0.3) is 17.7 Å². The topological polar surface area (TPSA) is 113 Å². The van der Waals surface area contributed by atoms with E-state index < -0.39 is 27.7 Å². The number of halogens is 1. The Bertz CT molecular complexity index is 1210. The molecule has 2 aromatic rings. The van der Waals surface area contributed by atoms with E-state index in [0.717, 1.165) is 4.90 Å². The maximum Gasteiger partial charge on any atom is 0.261 e. The third-order valence-corrected chi connectivity index (χ3v) is 7.51. The molecule has 0 atom stereocenters. The Kier molecular flexibility index (Phi) is 5.56. The Hall–Kier alpha value is -2.79. The number of carbonyl (C=O) groups is 3. The minimum atomic E-state index is -3.86. The molecule has 0 saturated carbocycles. The number of hydrogen-bond acceptors (Lipinski definition) is 6. The Labute approximate surface area is 183 Å². The number of fused-ring (bicyclic) bond motifs is 1. The van der Waals surface area contributed by atoms with Gasteiger partial charge in [0.2, 0.25) is 10.0 Å². The highest BCUT2D eigenvalue weighted by Crippen LogP contribution is 2.29. The first-order chi connectivity index (χ1) is 14.7. The Morgan fingerprint density at radius 1 is 1.03 bits per heavy atom. The lowest BCUT2D eigenvalue weighted by atomic mass is 10.1. The van der Waals surface area contributed by atoms with Gasteiger partial charge < -0.3 is 10.1 Å². The molecule has 9 nitrogen and oxygen atoms in total. The van der Waals surface area contributed by atoms with Gasteiger partial charge in [-0.05, 0) is 36.4 Å². The van der Waals surface area contributed by atoms with Gasteiger partial charge in [-0.15, -0.1) is 0 Å². The van der Waals surface area contributed by atoms with Crippen LogP contribution in [0.5, 0.6) is 0 Å². The summed E-state index contributed by atoms with van der Waals surface area (Å²) < 4.78 is 32.4. The van der Waals surface area contributed by atoms with Crippen molar-refractivity contribution in [3.8, 4) is 0 Å². The second kappa shape index (κ2) is 8.04. The number of imide groups is 1. The van der Waals surface area contributed by atoms with Gasteiger partial charge in [-0.1, -0.05) is 11.6 Å². The van der Waals surface area contributed by atoms with Crippen LogP contribution in [-0.4, -0.2) is 68.7 Å². The first-order valence-corrected chi connectivity index (χ1v) is 11.2. The molecular weight excluding hydrogens is 446 g/mol. The summed E-state index contributed by atoms with van der Waals surface area (Å²) in [6.07, 6.45) is 0. The minimum absolute atomic E-state index is 0.0363. The fraction of sp³-hybridized carbons (Fsp3) is 0.250. The van der Waals surface area contributed by atoms with E-state index in [4.69, 9.17) is 16.3 Å². The van der Waals surface area contributed by atoms with Crippen molar-refractivity contribution < 1.29 is 27.5 Å². The van der Waals surface area contributed by atoms with Crippen molar-refractivity contribution in [1.82, 2.24) is 9.21 Å². The molecular formula is C20H18ClN3O6S. The van der Waals surface area contributed by atoms with Crippen molar-refractivity contribution in [1.29, 1.82) is 0 Å². The molecule has 0 radical (unpaired) electrons. The molecule has 1 fully saturated rings. The molecule has 0 aromatic heterocycles. The number of sulfonamides is 1. The highest BCUT2D eigenvalue weighted by Gasteiger charge is 2.33. The molecule has 11 heteroatoms. The summed E-state index contributed by atoms with van der Waals surface area (Å²) in [5.74, 6) is -1.47. The molecule has 1 N–H and O–H groups in total. The summed E-state index contributed by atoms with van der Waals surface area (Å²) in [6, 6.07) is 8.36. The lowest BCUT2D eigenvalue weighted by Crippen LogP contribution is -2.40. The number of carbonyl (C=O) groups excluding carboxylic acids is 3. The molecule has 162 valence electrons. The van der Waals surface area contributed by atoms with Gasteiger partial charge in [0.1, 0.15) is 4.90 Å². The van der Waals surface area contributed by atoms with Gasteiger partial charge in [-0.2, -0.15) is 4.31 Å². The predicted octanol–water partition coefficient (Wildman–Crippen LogP) is 1.84. The van der Waals surface area contributed by atoms with Crippen molar-refractivity contribution in [2.24, 2.45) is 0 Å². The number of anilines is 1. The zero-order valence-corrected chi connectivity index (χ0v) is 18.0. The number of nitrogens with one attached hydrogen (secondary N) is 1. The number of benzene rings is 2. The SMILES string of the molecule is CN1C(=O)c2ccc(C(=O)Nc3ccc(Cl)c(S(=O)(=O)N4CCOCC4)c3)cc2C1=O. The lowest BCUT2D eigenvalue weighted by molar-refractivity contribution is 0.0693. The van der Waals surface area contributed by atoms with Crippen molar-refractivity contribution >= 4 is 45.0 Å². The predicted molar refractivity (Wildman–Crippen MR) is 112 cm³/mol. The van der Waals surface area contributed by atoms with Crippen molar-refractivity contribution in [2.45, 2.75) is 4.90 Å². The summed E-state index contributed by atoms with van der Waals surface area (Å²) in [5.41, 5.74) is 0.755. The lowest BCUT2D eigenvalue weighted by Gasteiger charge is -2.26. The Balaban J connectivity index is 1.60. The fourth-order valence-corrected chi connectivity index (χ4v) is 5.32. The molecule has 2 aliphatic heterocycles. The molecule has 3 amide bonds. The van der Waals surface area contributed by atoms with E-state index >= 15 is 0 Å². The van der Waals surface area contributed by atoms with Crippen molar-refractivity contribution in [3.63, 3.8) is 0 Å². The fourth-order valence-electron chi connectivity index (χ4n) is 3.41. The van der Waals surface area contributed by atoms with Crippen LogP contribution in [0.15, 0.2) is 41.3 Å². The normalized spacial score (nSPS) is 17.0. The maximum absolute atomic E-state index is 12.9. The second-order valence-electron chi connectivity index (χ2n) is 7.05. The van der Waals surface area contributed by atoms with E-state index in [1.54, 1.807) is 0 Å². The van der Waals surface area contributed by atoms with E-state index in [9.17, 15) is 22.8 Å². The standard InChI is InChI=1S/C20H18ClN3O6S/c1-23-19(26)14-4-2-12(10-15(14)20(23)27)18(25)22-13-3-5-16(21)17(11-13)31(28,29)24-6-8-30-9-7-24/h2-5,10-11H,6-9H2,1H3,(H,22,25). The van der Waals surface area contributed by atoms with Crippen LogP contribution >= 0.6 is 11.6 Å². The van der Waals surface area contributed by atoms with Gasteiger partial charge in [0.15, 0.2) is 0 Å². The molecule has 0 aliphatic carbocycles. The van der Waals surface area contributed by atoms with Crippen LogP contribution in [0, 0.1) is 0 Å². The highest BCUT2D eigenvalue weighted by molar-refractivity contribution is 7.89. The number of morpholine rings is 1. The van der Waals surface area contributed by atoms with E-state index in [-0.39, 0.29) is 45.4 Å². The van der Waals surface area contributed by atoms with Gasteiger partial charge >= 0.3 is 0 Å². The summed E-state index contributed by atoms with van der Waals surface area (Å²) >= 11 is 6.14. The third kappa shape index (κ3) is 3.83. The van der Waals surface area contributed by atoms with Crippen molar-refractivity contribution in [3.05, 3.63) is 58.1 Å². The van der Waals surface area contributed by atoms with Gasteiger partial charge in [0, 0.05) is 31.4 Å². The van der Waals surface area contributed by atoms with E-state index in [1.165, 1.54) is 47.8 Å². The Morgan fingerprint density at radius 3 is 2.42 bits per heavy atom. The molecule has 2 aliphatic rings. The summed E-state index contributed by atoms with van der Waals surface area (Å²) in [5, 5.41) is 2.65. The molecule has 0 spiro atoms. The highest BCUT2D eigenvalue weighted by atomic mass is 35.5. The first-order valence-electron chi connectivity index (χ1n) is 9.35. The second-order valence-corrected chi connectivity index (χ2v) is 9.36. The summed E-state index contributed by atoms with van der Waals surface area (Å²) in [6.45, 7) is 1.02. The summed E-state index contributed by atoms with van der Waals surface area (Å²) in [4.78, 5) is 37.7. The van der Waals surface area contributed by atoms with Gasteiger partial charge in [0.05, 0.1) is 29.4 Å². The molecule has 0 unspecified atom stereocenters. The molecule has 0 bridgehead atoms. The third-order valence-electron chi connectivity index (χ3n) is 5.13. The monoisotopic (exact) mass is 463 g/mol. The van der Waals surface area contributed by atoms with Crippen LogP contribution in [0.25, 0.3) is 0 Å². The average molecular weight is 464 g/mol. The van der Waals surface area contributed by atoms with E-state index in [2.05, 4.69) is 5.32 Å². The Morgan fingerprint density at radius 2 is 1.71 bits per heavy atom. The number of rotatable bonds is 4. The van der Waals surface area contributed by atoms with Crippen LogP contribution in [0.1, 0.15) is 31.1 Å². The van der Waals surface area contributed by atoms with Crippen LogP contribution in [0.2, 0.25) is 5.02 Å². The van der Waals surface area contributed by atoms with Crippen LogP contribution in [0.3, 0.4) is 0 Å². The van der Waals surface area contributed by atoms with Gasteiger partial charge in [-0.25, -0.2) is 8.42 Å². The zero-order chi connectivity index (χ0) is 22.3. The zero-order valence-electron chi connectivity index (χ0n) is 16.4. The molecule has 1 saturated heterocycles. The first kappa shape index (κ1) is 21.4. The largest absolute Gasteiger partial charge is 0.379 e. The number of nitrogens with zero attached hydrogens (tertiary/aromatic N) is 2. The number of ether oxygens (including phenoxy) is 1. The molecule has 4 rings (SSSR count). The van der Waals surface area contributed by atoms with Crippen LogP contribution in [0.4, 0.5) is 5.69 Å². The van der Waals surface area contributed by atoms with Crippen molar-refractivity contribution in [2.75, 3.05) is 38.7 Å². The van der Waals surface area contributed by atoms with Crippen LogP contribution < -0.4 is 5.32 Å². The number of hydrogen-bond donors (Lipinski definition) is 1. The summed E-state index contributed by atoms with van der Waals surface area (Å²) in [7, 11) is -2.49. The maximum atomic E-state index is 12.9. The smallest absolute Gasteiger partial charge is 0.261 e. The average Bonchev–Trinajstić information content (AvgIpc) is 2.99. The quantitative estimate of drug-likeness (QED) is 0.692. The minimum Gasteiger partial charge on any atom is -0.379 e. The van der Waals surface area contributed by atoms with E-state index in [0.29, 0.717) is 13.2 Å². The molecule has 2 heterocycles. The number of amides is 3. The van der Waals surface area contributed by atoms with Gasteiger partial charge in [-0.3, -0.25) is 19.3 Å². The molecule has 2 aromatic carbocycles. The molecule has 31 heavy (non-hydrogen) atoms. The van der Waals surface area contributed by atoms with E-state index in [1.807, 2.05) is 0 Å². The van der Waals surface area contributed by atoms with Crippen LogP contribution in [-0.2, 0) is 14.8 Å².